The van der Waals surface area contributed by atoms with Gasteiger partial charge in [-0.1, -0.05) is 0 Å². The average Bonchev–Trinajstić information content (AvgIpc) is 2.12. The van der Waals surface area contributed by atoms with Crippen LogP contribution in [0.3, 0.4) is 0 Å². The molecule has 1 heterocycles. The molecule has 59 valence electrons. The molecule has 2 aromatic rings. The Morgan fingerprint density at radius 2 is 2.08 bits per heavy atom. The van der Waals surface area contributed by atoms with Gasteiger partial charge in [-0.15, -0.1) is 0 Å². The second kappa shape index (κ2) is 2.52. The van der Waals surface area contributed by atoms with Gasteiger partial charge in [-0.2, -0.15) is 0 Å². The molecule has 1 radical (unpaired) electrons. The summed E-state index contributed by atoms with van der Waals surface area (Å²) in [6, 6.07) is 6.79. The molecule has 0 bridgehead atoms. The van der Waals surface area contributed by atoms with E-state index in [1.165, 1.54) is 12.3 Å². The first-order valence-electron chi connectivity index (χ1n) is 3.39. The third-order valence-corrected chi connectivity index (χ3v) is 1.61. The quantitative estimate of drug-likeness (QED) is 0.582. The van der Waals surface area contributed by atoms with Gasteiger partial charge in [0.2, 0.25) is 0 Å². The molecule has 2 rings (SSSR count). The number of nitrogens with zero attached hydrogens (tertiary/aromatic N) is 1. The van der Waals surface area contributed by atoms with E-state index in [0.29, 0.717) is 5.39 Å². The van der Waals surface area contributed by atoms with Crippen molar-refractivity contribution in [2.45, 2.75) is 0 Å². The van der Waals surface area contributed by atoms with Gasteiger partial charge >= 0.3 is 0 Å². The summed E-state index contributed by atoms with van der Waals surface area (Å²) in [5, 5.41) is 0.552. The largest absolute Gasteiger partial charge is 0.252 e. The fraction of sp³-hybridized carbons (Fsp3) is 0. The molecule has 3 heteroatoms. The summed E-state index contributed by atoms with van der Waals surface area (Å²) >= 11 is 0. The Morgan fingerprint density at radius 3 is 2.92 bits per heavy atom. The fourth-order valence-electron chi connectivity index (χ4n) is 1.03. The first-order chi connectivity index (χ1) is 5.79. The summed E-state index contributed by atoms with van der Waals surface area (Å²) in [7, 11) is 0. The lowest BCUT2D eigenvalue weighted by molar-refractivity contribution is 0.515. The van der Waals surface area contributed by atoms with Gasteiger partial charge in [-0.05, 0) is 18.2 Å². The number of hydrogen-bond acceptors (Lipinski definition) is 1. The van der Waals surface area contributed by atoms with Crippen molar-refractivity contribution in [3.8, 4) is 0 Å². The molecule has 0 aliphatic rings. The minimum absolute atomic E-state index is 0.0498. The summed E-state index contributed by atoms with van der Waals surface area (Å²) in [5.74, 6) is -1.78. The highest BCUT2D eigenvalue weighted by Crippen LogP contribution is 2.16. The van der Waals surface area contributed by atoms with E-state index in [1.54, 1.807) is 6.07 Å². The number of rotatable bonds is 0. The predicted molar refractivity (Wildman–Crippen MR) is 40.5 cm³/mol. The van der Waals surface area contributed by atoms with Crippen molar-refractivity contribution < 1.29 is 8.78 Å². The molecule has 12 heavy (non-hydrogen) atoms. The van der Waals surface area contributed by atoms with Crippen LogP contribution in [0.25, 0.3) is 10.9 Å². The lowest BCUT2D eigenvalue weighted by atomic mass is 10.2. The van der Waals surface area contributed by atoms with E-state index in [4.69, 9.17) is 0 Å². The highest BCUT2D eigenvalue weighted by atomic mass is 19.2. The molecule has 0 amide bonds. The van der Waals surface area contributed by atoms with Crippen LogP contribution in [0.2, 0.25) is 0 Å². The molecule has 0 atom stereocenters. The molecule has 0 unspecified atom stereocenters. The van der Waals surface area contributed by atoms with Gasteiger partial charge in [0.1, 0.15) is 5.52 Å². The van der Waals surface area contributed by atoms with Crippen LogP contribution < -0.4 is 0 Å². The van der Waals surface area contributed by atoms with Crippen LogP contribution in [0.15, 0.2) is 24.4 Å². The van der Waals surface area contributed by atoms with Crippen molar-refractivity contribution in [1.29, 1.82) is 0 Å². The second-order valence-electron chi connectivity index (χ2n) is 2.37. The topological polar surface area (TPSA) is 12.9 Å². The van der Waals surface area contributed by atoms with Crippen LogP contribution in [-0.4, -0.2) is 4.98 Å². The normalized spacial score (nSPS) is 10.5. The number of benzene rings is 1. The van der Waals surface area contributed by atoms with E-state index in [0.717, 1.165) is 6.07 Å². The number of halogens is 2. The minimum atomic E-state index is -0.901. The Labute approximate surface area is 67.7 Å². The van der Waals surface area contributed by atoms with Crippen molar-refractivity contribution in [2.75, 3.05) is 0 Å². The van der Waals surface area contributed by atoms with E-state index < -0.39 is 11.6 Å². The van der Waals surface area contributed by atoms with Crippen LogP contribution in [0.4, 0.5) is 8.78 Å². The Bertz CT molecular complexity index is 426. The van der Waals surface area contributed by atoms with Gasteiger partial charge in [0, 0.05) is 17.6 Å². The maximum Gasteiger partial charge on any atom is 0.184 e. The van der Waals surface area contributed by atoms with Crippen LogP contribution in [0.5, 0.6) is 0 Å². The molecule has 0 aliphatic carbocycles. The van der Waals surface area contributed by atoms with Gasteiger partial charge in [-0.25, -0.2) is 8.78 Å². The smallest absolute Gasteiger partial charge is 0.184 e. The van der Waals surface area contributed by atoms with E-state index >= 15 is 0 Å². The van der Waals surface area contributed by atoms with Gasteiger partial charge in [-0.3, -0.25) is 4.98 Å². The number of aromatic nitrogens is 1. The van der Waals surface area contributed by atoms with Crippen molar-refractivity contribution in [1.82, 2.24) is 4.98 Å². The van der Waals surface area contributed by atoms with Crippen molar-refractivity contribution in [2.24, 2.45) is 0 Å². The van der Waals surface area contributed by atoms with Crippen LogP contribution in [-0.2, 0) is 0 Å². The van der Waals surface area contributed by atoms with E-state index in [-0.39, 0.29) is 5.52 Å². The summed E-state index contributed by atoms with van der Waals surface area (Å²) in [6.45, 7) is 0. The van der Waals surface area contributed by atoms with Gasteiger partial charge in [0.05, 0.1) is 0 Å². The van der Waals surface area contributed by atoms with Crippen molar-refractivity contribution in [3.05, 3.63) is 42.1 Å². The zero-order valence-electron chi connectivity index (χ0n) is 6.01. The summed E-state index contributed by atoms with van der Waals surface area (Å²) in [4.78, 5) is 3.67. The van der Waals surface area contributed by atoms with Crippen LogP contribution in [0, 0.1) is 17.7 Å². The molecule has 0 fully saturated rings. The highest BCUT2D eigenvalue weighted by molar-refractivity contribution is 5.78. The SMILES string of the molecule is Fc1ccc2c[c]cnc2c1F. The Kier molecular flexibility index (Phi) is 1.50. The summed E-state index contributed by atoms with van der Waals surface area (Å²) < 4.78 is 25.6. The standard InChI is InChI=1S/C9H4F2N/c10-7-4-3-6-2-1-5-12-9(6)8(7)11/h2-5H. The number of pyridine rings is 1. The Hall–Kier alpha value is -1.51. The molecule has 0 aliphatic heterocycles. The Balaban J connectivity index is 2.91. The van der Waals surface area contributed by atoms with Crippen LogP contribution in [0.1, 0.15) is 0 Å². The number of hydrogen-bond donors (Lipinski definition) is 0. The van der Waals surface area contributed by atoms with Crippen molar-refractivity contribution in [3.63, 3.8) is 0 Å². The lowest BCUT2D eigenvalue weighted by Crippen LogP contribution is -1.87. The average molecular weight is 164 g/mol. The zero-order valence-corrected chi connectivity index (χ0v) is 6.01. The third kappa shape index (κ3) is 0.942. The molecular formula is C9H4F2N. The first kappa shape index (κ1) is 7.16. The second-order valence-corrected chi connectivity index (χ2v) is 2.37. The Morgan fingerprint density at radius 1 is 1.25 bits per heavy atom. The van der Waals surface area contributed by atoms with Crippen LogP contribution >= 0.6 is 0 Å². The fourth-order valence-corrected chi connectivity index (χ4v) is 1.03. The molecule has 0 spiro atoms. The first-order valence-corrected chi connectivity index (χ1v) is 3.39. The maximum absolute atomic E-state index is 12.9. The molecule has 0 saturated carbocycles. The lowest BCUT2D eigenvalue weighted by Gasteiger charge is -1.97. The summed E-state index contributed by atoms with van der Waals surface area (Å²) in [6.07, 6.45) is 1.31. The molecule has 1 nitrogen and oxygen atoms in total. The minimum Gasteiger partial charge on any atom is -0.252 e. The molecule has 0 saturated heterocycles. The van der Waals surface area contributed by atoms with Crippen molar-refractivity contribution >= 4 is 10.9 Å². The maximum atomic E-state index is 12.9. The predicted octanol–water partition coefficient (Wildman–Crippen LogP) is 2.31. The van der Waals surface area contributed by atoms with Gasteiger partial charge in [0.25, 0.3) is 0 Å². The molecule has 1 aromatic heterocycles. The van der Waals surface area contributed by atoms with Gasteiger partial charge < -0.3 is 0 Å². The van der Waals surface area contributed by atoms with Gasteiger partial charge in [0.15, 0.2) is 11.6 Å². The van der Waals surface area contributed by atoms with E-state index in [1.807, 2.05) is 0 Å². The third-order valence-electron chi connectivity index (χ3n) is 1.61. The van der Waals surface area contributed by atoms with E-state index in [9.17, 15) is 8.78 Å². The number of fused-ring (bicyclic) bond motifs is 1. The monoisotopic (exact) mass is 164 g/mol. The molecular weight excluding hydrogens is 160 g/mol. The molecule has 1 aromatic carbocycles. The highest BCUT2D eigenvalue weighted by Gasteiger charge is 2.06. The molecule has 0 N–H and O–H groups in total. The summed E-state index contributed by atoms with van der Waals surface area (Å²) in [5.41, 5.74) is 0.0498. The van der Waals surface area contributed by atoms with E-state index in [2.05, 4.69) is 11.1 Å². The zero-order chi connectivity index (χ0) is 8.55.